The predicted molar refractivity (Wildman–Crippen MR) is 77.1 cm³/mol. The number of rotatable bonds is 3. The SMILES string of the molecule is O=S1(=O)CCN(CCc2cc3ccccc3[nH]2)CC1. The third-order valence-corrected chi connectivity index (χ3v) is 5.33. The molecule has 1 aromatic carbocycles. The zero-order valence-corrected chi connectivity index (χ0v) is 11.6. The Morgan fingerprint density at radius 2 is 1.89 bits per heavy atom. The lowest BCUT2D eigenvalue weighted by atomic mass is 10.2. The van der Waals surface area contributed by atoms with Gasteiger partial charge in [0.15, 0.2) is 9.84 Å². The van der Waals surface area contributed by atoms with Crippen LogP contribution in [0.1, 0.15) is 5.69 Å². The number of nitrogens with one attached hydrogen (secondary N) is 1. The molecule has 4 nitrogen and oxygen atoms in total. The van der Waals surface area contributed by atoms with E-state index in [1.165, 1.54) is 16.6 Å². The van der Waals surface area contributed by atoms with E-state index in [1.807, 2.05) is 12.1 Å². The van der Waals surface area contributed by atoms with Crippen LogP contribution in [0.2, 0.25) is 0 Å². The Hall–Kier alpha value is -1.33. The summed E-state index contributed by atoms with van der Waals surface area (Å²) in [5.74, 6) is 0.611. The molecule has 0 unspecified atom stereocenters. The number of nitrogens with zero attached hydrogens (tertiary/aromatic N) is 1. The van der Waals surface area contributed by atoms with Gasteiger partial charge in [0.25, 0.3) is 0 Å². The van der Waals surface area contributed by atoms with Gasteiger partial charge >= 0.3 is 0 Å². The smallest absolute Gasteiger partial charge is 0.152 e. The number of hydrogen-bond acceptors (Lipinski definition) is 3. The molecule has 0 radical (unpaired) electrons. The van der Waals surface area contributed by atoms with Crippen LogP contribution in [0.25, 0.3) is 10.9 Å². The van der Waals surface area contributed by atoms with Gasteiger partial charge in [-0.2, -0.15) is 0 Å². The Balaban J connectivity index is 1.60. The van der Waals surface area contributed by atoms with Crippen molar-refractivity contribution in [3.8, 4) is 0 Å². The average molecular weight is 278 g/mol. The zero-order valence-electron chi connectivity index (χ0n) is 10.8. The van der Waals surface area contributed by atoms with E-state index in [0.29, 0.717) is 24.6 Å². The van der Waals surface area contributed by atoms with Gasteiger partial charge in [0.1, 0.15) is 0 Å². The second kappa shape index (κ2) is 4.98. The zero-order chi connectivity index (χ0) is 13.3. The summed E-state index contributed by atoms with van der Waals surface area (Å²) in [6, 6.07) is 10.4. The van der Waals surface area contributed by atoms with E-state index in [1.54, 1.807) is 0 Å². The predicted octanol–water partition coefficient (Wildman–Crippen LogP) is 1.44. The first-order chi connectivity index (χ1) is 9.12. The minimum Gasteiger partial charge on any atom is -0.358 e. The second-order valence-corrected chi connectivity index (χ2v) is 7.43. The summed E-state index contributed by atoms with van der Waals surface area (Å²) in [4.78, 5) is 5.64. The van der Waals surface area contributed by atoms with Crippen LogP contribution >= 0.6 is 0 Å². The van der Waals surface area contributed by atoms with E-state index in [9.17, 15) is 8.42 Å². The number of sulfone groups is 1. The van der Waals surface area contributed by atoms with Crippen molar-refractivity contribution >= 4 is 20.7 Å². The second-order valence-electron chi connectivity index (χ2n) is 5.13. The van der Waals surface area contributed by atoms with Crippen molar-refractivity contribution in [1.29, 1.82) is 0 Å². The Kier molecular flexibility index (Phi) is 3.33. The van der Waals surface area contributed by atoms with E-state index in [2.05, 4.69) is 28.1 Å². The minimum absolute atomic E-state index is 0.305. The van der Waals surface area contributed by atoms with Crippen molar-refractivity contribution in [2.24, 2.45) is 0 Å². The molecule has 0 bridgehead atoms. The lowest BCUT2D eigenvalue weighted by molar-refractivity contribution is 0.298. The van der Waals surface area contributed by atoms with Gasteiger partial charge in [0, 0.05) is 37.3 Å². The highest BCUT2D eigenvalue weighted by Gasteiger charge is 2.21. The molecule has 0 amide bonds. The third kappa shape index (κ3) is 2.98. The quantitative estimate of drug-likeness (QED) is 0.924. The van der Waals surface area contributed by atoms with Crippen molar-refractivity contribution in [3.63, 3.8) is 0 Å². The maximum absolute atomic E-state index is 11.4. The molecule has 3 rings (SSSR count). The van der Waals surface area contributed by atoms with Gasteiger partial charge in [-0.15, -0.1) is 0 Å². The number of hydrogen-bond donors (Lipinski definition) is 1. The fraction of sp³-hybridized carbons (Fsp3) is 0.429. The molecule has 2 heterocycles. The Bertz CT molecular complexity index is 629. The van der Waals surface area contributed by atoms with E-state index in [4.69, 9.17) is 0 Å². The molecule has 1 saturated heterocycles. The highest BCUT2D eigenvalue weighted by atomic mass is 32.2. The molecule has 1 aliphatic rings. The average Bonchev–Trinajstić information content (AvgIpc) is 2.80. The van der Waals surface area contributed by atoms with Crippen LogP contribution in [0.5, 0.6) is 0 Å². The molecule has 1 aromatic heterocycles. The molecule has 1 N–H and O–H groups in total. The highest BCUT2D eigenvalue weighted by molar-refractivity contribution is 7.91. The highest BCUT2D eigenvalue weighted by Crippen LogP contribution is 2.15. The normalized spacial score (nSPS) is 19.8. The van der Waals surface area contributed by atoms with Crippen LogP contribution in [0, 0.1) is 0 Å². The summed E-state index contributed by atoms with van der Waals surface area (Å²) in [7, 11) is -2.77. The first-order valence-corrected chi connectivity index (χ1v) is 8.44. The molecule has 19 heavy (non-hydrogen) atoms. The van der Waals surface area contributed by atoms with E-state index in [0.717, 1.165) is 13.0 Å². The summed E-state index contributed by atoms with van der Waals surface area (Å²) in [5.41, 5.74) is 2.38. The van der Waals surface area contributed by atoms with Crippen LogP contribution < -0.4 is 0 Å². The maximum Gasteiger partial charge on any atom is 0.152 e. The van der Waals surface area contributed by atoms with Crippen molar-refractivity contribution in [3.05, 3.63) is 36.0 Å². The van der Waals surface area contributed by atoms with Gasteiger partial charge in [0.05, 0.1) is 11.5 Å². The molecule has 5 heteroatoms. The molecule has 0 spiro atoms. The summed E-state index contributed by atoms with van der Waals surface area (Å²) in [5, 5.41) is 1.23. The number of aromatic amines is 1. The van der Waals surface area contributed by atoms with E-state index >= 15 is 0 Å². The van der Waals surface area contributed by atoms with Crippen LogP contribution in [0.15, 0.2) is 30.3 Å². The molecule has 2 aromatic rings. The van der Waals surface area contributed by atoms with Crippen molar-refractivity contribution < 1.29 is 8.42 Å². The van der Waals surface area contributed by atoms with E-state index < -0.39 is 9.84 Å². The molecular formula is C14H18N2O2S. The molecule has 1 fully saturated rings. The van der Waals surface area contributed by atoms with Crippen LogP contribution in [0.3, 0.4) is 0 Å². The third-order valence-electron chi connectivity index (χ3n) is 3.72. The summed E-state index contributed by atoms with van der Waals surface area (Å²) in [6.07, 6.45) is 0.939. The van der Waals surface area contributed by atoms with Crippen LogP contribution in [-0.2, 0) is 16.3 Å². The molecular weight excluding hydrogens is 260 g/mol. The van der Waals surface area contributed by atoms with Crippen LogP contribution in [0.4, 0.5) is 0 Å². The Morgan fingerprint density at radius 3 is 2.63 bits per heavy atom. The molecule has 0 atom stereocenters. The van der Waals surface area contributed by atoms with Gasteiger partial charge in [-0.05, 0) is 17.5 Å². The summed E-state index contributed by atoms with van der Waals surface area (Å²) in [6.45, 7) is 2.26. The van der Waals surface area contributed by atoms with Gasteiger partial charge in [-0.25, -0.2) is 8.42 Å². The van der Waals surface area contributed by atoms with Gasteiger partial charge in [0.2, 0.25) is 0 Å². The number of H-pyrrole nitrogens is 1. The van der Waals surface area contributed by atoms with Crippen molar-refractivity contribution in [1.82, 2.24) is 9.88 Å². The largest absolute Gasteiger partial charge is 0.358 e. The first kappa shape index (κ1) is 12.7. The first-order valence-electron chi connectivity index (χ1n) is 6.62. The Labute approximate surface area is 113 Å². The number of para-hydroxylation sites is 1. The van der Waals surface area contributed by atoms with Gasteiger partial charge in [-0.3, -0.25) is 0 Å². The molecule has 1 aliphatic heterocycles. The van der Waals surface area contributed by atoms with Gasteiger partial charge in [-0.1, -0.05) is 18.2 Å². The summed E-state index contributed by atoms with van der Waals surface area (Å²) < 4.78 is 22.7. The number of fused-ring (bicyclic) bond motifs is 1. The minimum atomic E-state index is -2.77. The fourth-order valence-corrected chi connectivity index (χ4v) is 3.80. The maximum atomic E-state index is 11.4. The summed E-state index contributed by atoms with van der Waals surface area (Å²) >= 11 is 0. The Morgan fingerprint density at radius 1 is 1.16 bits per heavy atom. The fourth-order valence-electron chi connectivity index (χ4n) is 2.52. The van der Waals surface area contributed by atoms with Gasteiger partial charge < -0.3 is 9.88 Å². The molecule has 102 valence electrons. The van der Waals surface area contributed by atoms with E-state index in [-0.39, 0.29) is 0 Å². The number of aromatic nitrogens is 1. The molecule has 0 saturated carbocycles. The monoisotopic (exact) mass is 278 g/mol. The lowest BCUT2D eigenvalue weighted by Crippen LogP contribution is -2.41. The van der Waals surface area contributed by atoms with Crippen molar-refractivity contribution in [2.45, 2.75) is 6.42 Å². The molecule has 0 aliphatic carbocycles. The standard InChI is InChI=1S/C14H18N2O2S/c17-19(18)9-7-16(8-10-19)6-5-13-11-12-3-1-2-4-14(12)15-13/h1-4,11,15H,5-10H2. The lowest BCUT2D eigenvalue weighted by Gasteiger charge is -2.26. The topological polar surface area (TPSA) is 53.2 Å². The van der Waals surface area contributed by atoms with Crippen molar-refractivity contribution in [2.75, 3.05) is 31.1 Å². The van der Waals surface area contributed by atoms with Crippen LogP contribution in [-0.4, -0.2) is 49.4 Å². The number of benzene rings is 1.